The molecule has 0 aliphatic rings. The Bertz CT molecular complexity index is 1040. The van der Waals surface area contributed by atoms with Gasteiger partial charge in [0.15, 0.2) is 11.5 Å². The number of ether oxygens (including phenoxy) is 2. The lowest BCUT2D eigenvalue weighted by molar-refractivity contribution is -0.121. The van der Waals surface area contributed by atoms with Gasteiger partial charge in [-0.25, -0.2) is 10.2 Å². The normalized spacial score (nSPS) is 11.1. The molecule has 1 N–H and O–H groups in total. The molecule has 0 saturated heterocycles. The van der Waals surface area contributed by atoms with Crippen molar-refractivity contribution in [3.05, 3.63) is 57.6 Å². The maximum absolute atomic E-state index is 12.6. The summed E-state index contributed by atoms with van der Waals surface area (Å²) in [4.78, 5) is 24.7. The largest absolute Gasteiger partial charge is 0.490 e. The summed E-state index contributed by atoms with van der Waals surface area (Å²) in [6.45, 7) is 4.45. The number of nitrogens with one attached hydrogen (secondary N) is 1. The van der Waals surface area contributed by atoms with E-state index in [9.17, 15) is 9.59 Å². The summed E-state index contributed by atoms with van der Waals surface area (Å²) in [5.74, 6) is -0.0981. The molecule has 1 amide bonds. The number of nitrogens with zero attached hydrogens (tertiary/aromatic N) is 1. The molecule has 0 radical (unpaired) electrons. The summed E-state index contributed by atoms with van der Waals surface area (Å²) in [5, 5.41) is 4.68. The molecular weight excluding hydrogens is 523 g/mol. The molecule has 0 aliphatic carbocycles. The van der Waals surface area contributed by atoms with Crippen LogP contribution in [0, 0.1) is 0 Å². The van der Waals surface area contributed by atoms with Crippen molar-refractivity contribution in [2.75, 3.05) is 6.61 Å². The van der Waals surface area contributed by atoms with Crippen molar-refractivity contribution in [2.45, 2.75) is 90.9 Å². The molecule has 0 unspecified atom stereocenters. The Hall–Kier alpha value is -2.57. The Morgan fingerprint density at radius 1 is 0.842 bits per heavy atom. The standard InChI is InChI=1S/C30H40Cl2N2O4/c1-3-5-6-7-8-9-10-11-12-13-14-15-29(35)34-33-22-23-16-19-27(28(20-23)37-4-2)38-30(36)25-18-17-24(31)21-26(25)32/h16-22H,3-15H2,1-2H3,(H,34,35)/b33-22-. The van der Waals surface area contributed by atoms with Crippen LogP contribution >= 0.6 is 23.2 Å². The van der Waals surface area contributed by atoms with E-state index in [-0.39, 0.29) is 22.2 Å². The zero-order valence-corrected chi connectivity index (χ0v) is 24.1. The first-order valence-corrected chi connectivity index (χ1v) is 14.5. The Balaban J connectivity index is 1.74. The van der Waals surface area contributed by atoms with Gasteiger partial charge in [0.05, 0.1) is 23.4 Å². The monoisotopic (exact) mass is 562 g/mol. The topological polar surface area (TPSA) is 77.0 Å². The van der Waals surface area contributed by atoms with E-state index in [1.807, 2.05) is 6.92 Å². The first-order valence-electron chi connectivity index (χ1n) is 13.7. The van der Waals surface area contributed by atoms with Gasteiger partial charge in [-0.15, -0.1) is 0 Å². The SMILES string of the molecule is CCCCCCCCCCCCCC(=O)N/N=C\c1ccc(OC(=O)c2ccc(Cl)cc2Cl)c(OCC)c1. The molecule has 38 heavy (non-hydrogen) atoms. The minimum Gasteiger partial charge on any atom is -0.490 e. The third-order valence-electron chi connectivity index (χ3n) is 6.03. The lowest BCUT2D eigenvalue weighted by atomic mass is 10.1. The van der Waals surface area contributed by atoms with E-state index in [1.165, 1.54) is 76.1 Å². The van der Waals surface area contributed by atoms with Crippen LogP contribution in [0.2, 0.25) is 10.0 Å². The highest BCUT2D eigenvalue weighted by Crippen LogP contribution is 2.30. The average Bonchev–Trinajstić information content (AvgIpc) is 2.88. The van der Waals surface area contributed by atoms with Crippen molar-refractivity contribution in [3.8, 4) is 11.5 Å². The van der Waals surface area contributed by atoms with Gasteiger partial charge in [-0.05, 0) is 55.3 Å². The molecule has 0 spiro atoms. The summed E-state index contributed by atoms with van der Waals surface area (Å²) >= 11 is 12.0. The number of halogens is 2. The van der Waals surface area contributed by atoms with E-state index >= 15 is 0 Å². The third-order valence-corrected chi connectivity index (χ3v) is 6.58. The van der Waals surface area contributed by atoms with Crippen LogP contribution in [0.1, 0.15) is 107 Å². The maximum Gasteiger partial charge on any atom is 0.345 e. The van der Waals surface area contributed by atoms with Crippen molar-refractivity contribution in [2.24, 2.45) is 5.10 Å². The molecule has 0 atom stereocenters. The maximum atomic E-state index is 12.6. The van der Waals surface area contributed by atoms with Crippen LogP contribution in [0.4, 0.5) is 0 Å². The van der Waals surface area contributed by atoms with Crippen LogP contribution in [0.5, 0.6) is 11.5 Å². The molecule has 2 aromatic carbocycles. The Kier molecular flexibility index (Phi) is 15.5. The van der Waals surface area contributed by atoms with Gasteiger partial charge in [0, 0.05) is 11.4 Å². The van der Waals surface area contributed by atoms with E-state index in [4.69, 9.17) is 32.7 Å². The van der Waals surface area contributed by atoms with Crippen LogP contribution in [0.15, 0.2) is 41.5 Å². The molecule has 0 saturated carbocycles. The highest BCUT2D eigenvalue weighted by atomic mass is 35.5. The van der Waals surface area contributed by atoms with Crippen LogP contribution in [0.25, 0.3) is 0 Å². The number of hydrogen-bond acceptors (Lipinski definition) is 5. The second-order valence-electron chi connectivity index (χ2n) is 9.23. The lowest BCUT2D eigenvalue weighted by Gasteiger charge is -2.12. The predicted octanol–water partition coefficient (Wildman–Crippen LogP) is 8.76. The van der Waals surface area contributed by atoms with Gasteiger partial charge in [0.2, 0.25) is 5.91 Å². The number of esters is 1. The van der Waals surface area contributed by atoms with Gasteiger partial charge in [-0.1, -0.05) is 94.3 Å². The fourth-order valence-electron chi connectivity index (χ4n) is 3.95. The van der Waals surface area contributed by atoms with Gasteiger partial charge in [0.25, 0.3) is 0 Å². The van der Waals surface area contributed by atoms with Crippen LogP contribution in [-0.2, 0) is 4.79 Å². The van der Waals surface area contributed by atoms with E-state index in [1.54, 1.807) is 24.3 Å². The number of rotatable bonds is 18. The van der Waals surface area contributed by atoms with Crippen LogP contribution in [-0.4, -0.2) is 24.7 Å². The Morgan fingerprint density at radius 2 is 1.50 bits per heavy atom. The van der Waals surface area contributed by atoms with Crippen molar-refractivity contribution in [3.63, 3.8) is 0 Å². The van der Waals surface area contributed by atoms with E-state index in [0.29, 0.717) is 29.4 Å². The number of carbonyl (C=O) groups is 2. The zero-order valence-electron chi connectivity index (χ0n) is 22.6. The van der Waals surface area contributed by atoms with E-state index in [2.05, 4.69) is 17.5 Å². The summed E-state index contributed by atoms with van der Waals surface area (Å²) < 4.78 is 11.1. The molecule has 0 aliphatic heterocycles. The van der Waals surface area contributed by atoms with Crippen molar-refractivity contribution in [1.82, 2.24) is 5.43 Å². The smallest absolute Gasteiger partial charge is 0.345 e. The highest BCUT2D eigenvalue weighted by Gasteiger charge is 2.16. The first kappa shape index (κ1) is 31.6. The Labute approximate surface area is 237 Å². The van der Waals surface area contributed by atoms with Gasteiger partial charge < -0.3 is 9.47 Å². The molecule has 2 aromatic rings. The summed E-state index contributed by atoms with van der Waals surface area (Å²) in [6, 6.07) is 9.57. The highest BCUT2D eigenvalue weighted by molar-refractivity contribution is 6.36. The fraction of sp³-hybridized carbons (Fsp3) is 0.500. The third kappa shape index (κ3) is 12.3. The first-order chi connectivity index (χ1) is 18.4. The average molecular weight is 564 g/mol. The van der Waals surface area contributed by atoms with E-state index < -0.39 is 5.97 Å². The van der Waals surface area contributed by atoms with Crippen molar-refractivity contribution < 1.29 is 19.1 Å². The Morgan fingerprint density at radius 3 is 2.13 bits per heavy atom. The second-order valence-corrected chi connectivity index (χ2v) is 10.1. The summed E-state index contributed by atoms with van der Waals surface area (Å²) in [5.41, 5.74) is 3.46. The van der Waals surface area contributed by atoms with Crippen molar-refractivity contribution in [1.29, 1.82) is 0 Å². The molecule has 2 rings (SSSR count). The van der Waals surface area contributed by atoms with Gasteiger partial charge in [0.1, 0.15) is 0 Å². The minimum atomic E-state index is -0.622. The van der Waals surface area contributed by atoms with Gasteiger partial charge in [-0.2, -0.15) is 5.10 Å². The molecule has 0 aromatic heterocycles. The summed E-state index contributed by atoms with van der Waals surface area (Å²) in [6.07, 6.45) is 15.7. The quantitative estimate of drug-likeness (QED) is 0.0647. The van der Waals surface area contributed by atoms with E-state index in [0.717, 1.165) is 12.8 Å². The number of hydrazone groups is 1. The number of carbonyl (C=O) groups excluding carboxylic acids is 2. The van der Waals surface area contributed by atoms with Crippen LogP contribution < -0.4 is 14.9 Å². The number of benzene rings is 2. The molecule has 0 fully saturated rings. The molecular formula is C30H40Cl2N2O4. The number of hydrogen-bond donors (Lipinski definition) is 1. The molecule has 208 valence electrons. The fourth-order valence-corrected chi connectivity index (χ4v) is 4.44. The van der Waals surface area contributed by atoms with Crippen LogP contribution in [0.3, 0.4) is 0 Å². The molecule has 8 heteroatoms. The molecule has 6 nitrogen and oxygen atoms in total. The van der Waals surface area contributed by atoms with Crippen molar-refractivity contribution >= 4 is 41.3 Å². The predicted molar refractivity (Wildman–Crippen MR) is 156 cm³/mol. The zero-order chi connectivity index (χ0) is 27.6. The lowest BCUT2D eigenvalue weighted by Crippen LogP contribution is -2.16. The number of unbranched alkanes of at least 4 members (excludes halogenated alkanes) is 10. The molecule has 0 heterocycles. The number of amides is 1. The minimum absolute atomic E-state index is 0.104. The van der Waals surface area contributed by atoms with Gasteiger partial charge in [-0.3, -0.25) is 4.79 Å². The van der Waals surface area contributed by atoms with Gasteiger partial charge >= 0.3 is 5.97 Å². The second kappa shape index (κ2) is 18.6. The summed E-state index contributed by atoms with van der Waals surface area (Å²) in [7, 11) is 0. The molecule has 0 bridgehead atoms.